The van der Waals surface area contributed by atoms with Crippen molar-refractivity contribution in [2.45, 2.75) is 31.5 Å². The monoisotopic (exact) mass is 292 g/mol. The van der Waals surface area contributed by atoms with Crippen LogP contribution < -0.4 is 20.1 Å². The maximum absolute atomic E-state index is 12.0. The number of benzene rings is 1. The van der Waals surface area contributed by atoms with Crippen LogP contribution in [-0.2, 0) is 11.3 Å². The van der Waals surface area contributed by atoms with E-state index >= 15 is 0 Å². The molecular weight excluding hydrogens is 272 g/mol. The fourth-order valence-corrected chi connectivity index (χ4v) is 2.55. The number of carbonyl (C=O) groups is 1. The van der Waals surface area contributed by atoms with Crippen LogP contribution in [0.25, 0.3) is 0 Å². The first kappa shape index (κ1) is 14.2. The van der Waals surface area contributed by atoms with Crippen LogP contribution in [0, 0.1) is 0 Å². The van der Waals surface area contributed by atoms with Gasteiger partial charge in [0.2, 0.25) is 5.91 Å². The maximum Gasteiger partial charge on any atom is 0.237 e. The second-order valence-corrected chi connectivity index (χ2v) is 5.40. The quantitative estimate of drug-likeness (QED) is 0.741. The zero-order valence-electron chi connectivity index (χ0n) is 11.8. The molecule has 0 spiro atoms. The largest absolute Gasteiger partial charge is 0.490 e. The van der Waals surface area contributed by atoms with Gasteiger partial charge in [-0.05, 0) is 24.1 Å². The minimum atomic E-state index is -0.432. The molecule has 2 heterocycles. The third-order valence-electron chi connectivity index (χ3n) is 3.70. The van der Waals surface area contributed by atoms with Gasteiger partial charge >= 0.3 is 0 Å². The topological polar surface area (TPSA) is 79.8 Å². The Morgan fingerprint density at radius 3 is 2.90 bits per heavy atom. The second kappa shape index (κ2) is 6.32. The number of rotatable bonds is 3. The van der Waals surface area contributed by atoms with E-state index in [2.05, 4.69) is 10.6 Å². The molecule has 21 heavy (non-hydrogen) atoms. The summed E-state index contributed by atoms with van der Waals surface area (Å²) in [6.07, 6.45) is 0.905. The van der Waals surface area contributed by atoms with Crippen molar-refractivity contribution in [1.82, 2.24) is 10.6 Å². The molecule has 2 atom stereocenters. The molecule has 0 unspecified atom stereocenters. The average molecular weight is 292 g/mol. The van der Waals surface area contributed by atoms with E-state index in [9.17, 15) is 9.90 Å². The third kappa shape index (κ3) is 3.46. The van der Waals surface area contributed by atoms with Gasteiger partial charge in [0.1, 0.15) is 0 Å². The van der Waals surface area contributed by atoms with Crippen molar-refractivity contribution in [1.29, 1.82) is 0 Å². The molecule has 1 aromatic rings. The van der Waals surface area contributed by atoms with Crippen molar-refractivity contribution >= 4 is 5.91 Å². The predicted octanol–water partition coefficient (Wildman–Crippen LogP) is 0.187. The number of carbonyl (C=O) groups excluding carboxylic acids is 1. The highest BCUT2D eigenvalue weighted by Gasteiger charge is 2.27. The van der Waals surface area contributed by atoms with Gasteiger partial charge in [0, 0.05) is 19.5 Å². The van der Waals surface area contributed by atoms with E-state index in [1.807, 2.05) is 18.2 Å². The first-order chi connectivity index (χ1) is 10.2. The molecule has 1 fully saturated rings. The molecular formula is C15H20N2O4. The second-order valence-electron chi connectivity index (χ2n) is 5.40. The van der Waals surface area contributed by atoms with Crippen LogP contribution >= 0.6 is 0 Å². The SMILES string of the molecule is O=C(NCc1ccc2c(c1)OCCCO2)[C@@H]1C[C@@H](O)CN1. The van der Waals surface area contributed by atoms with E-state index in [-0.39, 0.29) is 11.9 Å². The van der Waals surface area contributed by atoms with Crippen molar-refractivity contribution in [2.75, 3.05) is 19.8 Å². The lowest BCUT2D eigenvalue weighted by Gasteiger charge is -2.12. The Balaban J connectivity index is 1.58. The summed E-state index contributed by atoms with van der Waals surface area (Å²) in [5, 5.41) is 15.3. The summed E-state index contributed by atoms with van der Waals surface area (Å²) >= 11 is 0. The van der Waals surface area contributed by atoms with Crippen LogP contribution in [-0.4, -0.2) is 42.9 Å². The summed E-state index contributed by atoms with van der Waals surface area (Å²) in [5.41, 5.74) is 0.964. The van der Waals surface area contributed by atoms with E-state index in [1.165, 1.54) is 0 Å². The molecule has 1 saturated heterocycles. The number of fused-ring (bicyclic) bond motifs is 1. The van der Waals surface area contributed by atoms with Crippen LogP contribution in [0.4, 0.5) is 0 Å². The Morgan fingerprint density at radius 1 is 1.33 bits per heavy atom. The Labute approximate surface area is 123 Å². The van der Waals surface area contributed by atoms with Crippen LogP contribution in [0.3, 0.4) is 0 Å². The lowest BCUT2D eigenvalue weighted by Crippen LogP contribution is -2.40. The van der Waals surface area contributed by atoms with Crippen LogP contribution in [0.2, 0.25) is 0 Å². The van der Waals surface area contributed by atoms with Gasteiger partial charge in [0.05, 0.1) is 25.4 Å². The van der Waals surface area contributed by atoms with Crippen LogP contribution in [0.5, 0.6) is 11.5 Å². The minimum absolute atomic E-state index is 0.0846. The Kier molecular flexibility index (Phi) is 4.26. The van der Waals surface area contributed by atoms with Gasteiger partial charge in [0.25, 0.3) is 0 Å². The van der Waals surface area contributed by atoms with Crippen LogP contribution in [0.1, 0.15) is 18.4 Å². The van der Waals surface area contributed by atoms with Crippen molar-refractivity contribution in [3.8, 4) is 11.5 Å². The molecule has 1 amide bonds. The van der Waals surface area contributed by atoms with Gasteiger partial charge in [-0.3, -0.25) is 4.79 Å². The molecule has 114 valence electrons. The molecule has 2 aliphatic rings. The number of nitrogens with one attached hydrogen (secondary N) is 2. The zero-order chi connectivity index (χ0) is 14.7. The highest BCUT2D eigenvalue weighted by atomic mass is 16.5. The van der Waals surface area contributed by atoms with Gasteiger partial charge in [-0.2, -0.15) is 0 Å². The van der Waals surface area contributed by atoms with Gasteiger partial charge in [-0.15, -0.1) is 0 Å². The molecule has 0 aromatic heterocycles. The summed E-state index contributed by atoms with van der Waals surface area (Å²) in [6, 6.07) is 5.39. The smallest absolute Gasteiger partial charge is 0.237 e. The first-order valence-electron chi connectivity index (χ1n) is 7.30. The summed E-state index contributed by atoms with van der Waals surface area (Å²) in [4.78, 5) is 12.0. The van der Waals surface area contributed by atoms with Gasteiger partial charge in [0.15, 0.2) is 11.5 Å². The summed E-state index contributed by atoms with van der Waals surface area (Å²) < 4.78 is 11.2. The van der Waals surface area contributed by atoms with Crippen molar-refractivity contribution in [3.63, 3.8) is 0 Å². The fourth-order valence-electron chi connectivity index (χ4n) is 2.55. The molecule has 0 radical (unpaired) electrons. The molecule has 6 nitrogen and oxygen atoms in total. The van der Waals surface area contributed by atoms with Crippen molar-refractivity contribution in [3.05, 3.63) is 23.8 Å². The lowest BCUT2D eigenvalue weighted by molar-refractivity contribution is -0.123. The predicted molar refractivity (Wildman–Crippen MR) is 76.3 cm³/mol. The number of amides is 1. The average Bonchev–Trinajstić information content (AvgIpc) is 2.79. The number of aliphatic hydroxyl groups excluding tert-OH is 1. The molecule has 3 N–H and O–H groups in total. The Hall–Kier alpha value is -1.79. The number of β-amino-alcohol motifs (C(OH)–C–C–N with tert-alkyl or cyclic N) is 1. The molecule has 0 bridgehead atoms. The summed E-state index contributed by atoms with van der Waals surface area (Å²) in [7, 11) is 0. The standard InChI is InChI=1S/C15H20N2O4/c18-11-7-12(16-9-11)15(19)17-8-10-2-3-13-14(6-10)21-5-1-4-20-13/h2-3,6,11-12,16,18H,1,4-5,7-9H2,(H,17,19)/t11-,12+/m1/s1. The zero-order valence-corrected chi connectivity index (χ0v) is 11.8. The lowest BCUT2D eigenvalue weighted by atomic mass is 10.1. The van der Waals surface area contributed by atoms with E-state index in [0.29, 0.717) is 32.7 Å². The molecule has 0 aliphatic carbocycles. The molecule has 3 rings (SSSR count). The Bertz CT molecular complexity index is 520. The molecule has 2 aliphatic heterocycles. The first-order valence-corrected chi connectivity index (χ1v) is 7.30. The number of aliphatic hydroxyl groups is 1. The van der Waals surface area contributed by atoms with Gasteiger partial charge in [-0.1, -0.05) is 6.07 Å². The van der Waals surface area contributed by atoms with Gasteiger partial charge in [-0.25, -0.2) is 0 Å². The number of ether oxygens (including phenoxy) is 2. The molecule has 6 heteroatoms. The maximum atomic E-state index is 12.0. The third-order valence-corrected chi connectivity index (χ3v) is 3.70. The van der Waals surface area contributed by atoms with E-state index in [4.69, 9.17) is 9.47 Å². The van der Waals surface area contributed by atoms with E-state index in [1.54, 1.807) is 0 Å². The van der Waals surface area contributed by atoms with Crippen molar-refractivity contribution < 1.29 is 19.4 Å². The Morgan fingerprint density at radius 2 is 2.14 bits per heavy atom. The minimum Gasteiger partial charge on any atom is -0.490 e. The molecule has 0 saturated carbocycles. The van der Waals surface area contributed by atoms with Crippen LogP contribution in [0.15, 0.2) is 18.2 Å². The summed E-state index contributed by atoms with van der Waals surface area (Å²) in [5.74, 6) is 1.40. The van der Waals surface area contributed by atoms with E-state index in [0.717, 1.165) is 23.5 Å². The fraction of sp³-hybridized carbons (Fsp3) is 0.533. The highest BCUT2D eigenvalue weighted by Crippen LogP contribution is 2.30. The number of hydrogen-bond acceptors (Lipinski definition) is 5. The summed E-state index contributed by atoms with van der Waals surface area (Å²) in [6.45, 7) is 2.22. The van der Waals surface area contributed by atoms with E-state index < -0.39 is 6.10 Å². The highest BCUT2D eigenvalue weighted by molar-refractivity contribution is 5.82. The van der Waals surface area contributed by atoms with Crippen molar-refractivity contribution in [2.24, 2.45) is 0 Å². The normalized spacial score (nSPS) is 24.4. The van der Waals surface area contributed by atoms with Gasteiger partial charge < -0.3 is 25.2 Å². The number of hydrogen-bond donors (Lipinski definition) is 3. The molecule has 1 aromatic carbocycles.